The van der Waals surface area contributed by atoms with Crippen molar-refractivity contribution in [2.24, 2.45) is 0 Å². The molecular formula is C12H8F6O3. The molecule has 0 aromatic heterocycles. The molecule has 1 aromatic rings. The molecule has 0 aliphatic heterocycles. The molecule has 0 N–H and O–H groups in total. The van der Waals surface area contributed by atoms with Gasteiger partial charge in [-0.1, -0.05) is 0 Å². The van der Waals surface area contributed by atoms with E-state index in [0.29, 0.717) is 0 Å². The number of halogens is 6. The Morgan fingerprint density at radius 1 is 1.14 bits per heavy atom. The number of rotatable bonds is 4. The average Bonchev–Trinajstić information content (AvgIpc) is 2.32. The van der Waals surface area contributed by atoms with Crippen LogP contribution >= 0.6 is 0 Å². The lowest BCUT2D eigenvalue weighted by Crippen LogP contribution is -2.19. The zero-order valence-electron chi connectivity index (χ0n) is 10.5. The van der Waals surface area contributed by atoms with Gasteiger partial charge in [-0.25, -0.2) is 13.2 Å². The first-order valence-electron chi connectivity index (χ1n) is 5.53. The maximum Gasteiger partial charge on any atom is 0.422 e. The maximum absolute atomic E-state index is 13.6. The largest absolute Gasteiger partial charge is 0.466 e. The SMILES string of the molecule is CCOC(=O)CC(=O)c1cc(F)c(F)c(C(F)(F)F)c1F. The Balaban J connectivity index is 3.30. The van der Waals surface area contributed by atoms with Crippen LogP contribution < -0.4 is 0 Å². The number of Topliss-reactive ketones (excluding diaryl/α,β-unsaturated/α-hetero) is 1. The van der Waals surface area contributed by atoms with E-state index in [9.17, 15) is 35.9 Å². The lowest BCUT2D eigenvalue weighted by molar-refractivity contribution is -0.143. The molecule has 1 rings (SSSR count). The van der Waals surface area contributed by atoms with Crippen molar-refractivity contribution in [1.29, 1.82) is 0 Å². The van der Waals surface area contributed by atoms with Crippen LogP contribution in [0.25, 0.3) is 0 Å². The molecule has 0 bridgehead atoms. The van der Waals surface area contributed by atoms with E-state index in [1.54, 1.807) is 0 Å². The summed E-state index contributed by atoms with van der Waals surface area (Å²) in [7, 11) is 0. The van der Waals surface area contributed by atoms with Crippen LogP contribution in [0.3, 0.4) is 0 Å². The van der Waals surface area contributed by atoms with Crippen LogP contribution in [0.15, 0.2) is 6.07 Å². The standard InChI is InChI=1S/C12H8F6O3/c1-2-21-8(20)4-7(19)5-3-6(13)11(15)9(10(5)14)12(16,17)18/h3H,2,4H2,1H3. The first kappa shape index (κ1) is 17.0. The van der Waals surface area contributed by atoms with Crippen LogP contribution in [0.1, 0.15) is 29.3 Å². The second kappa shape index (κ2) is 6.15. The van der Waals surface area contributed by atoms with Crippen molar-refractivity contribution in [3.63, 3.8) is 0 Å². The third-order valence-electron chi connectivity index (χ3n) is 2.35. The van der Waals surface area contributed by atoms with Crippen molar-refractivity contribution in [3.05, 3.63) is 34.6 Å². The molecule has 9 heteroatoms. The summed E-state index contributed by atoms with van der Waals surface area (Å²) in [5.41, 5.74) is -3.89. The highest BCUT2D eigenvalue weighted by molar-refractivity contribution is 6.06. The number of hydrogen-bond donors (Lipinski definition) is 0. The fraction of sp³-hybridized carbons (Fsp3) is 0.333. The van der Waals surface area contributed by atoms with Gasteiger partial charge in [0.15, 0.2) is 17.4 Å². The van der Waals surface area contributed by atoms with Gasteiger partial charge in [0, 0.05) is 0 Å². The van der Waals surface area contributed by atoms with Crippen LogP contribution in [0.5, 0.6) is 0 Å². The van der Waals surface area contributed by atoms with Crippen molar-refractivity contribution in [2.75, 3.05) is 6.61 Å². The predicted octanol–water partition coefficient (Wildman–Crippen LogP) is 3.26. The van der Waals surface area contributed by atoms with Crippen molar-refractivity contribution in [3.8, 4) is 0 Å². The summed E-state index contributed by atoms with van der Waals surface area (Å²) in [5, 5.41) is 0. The Morgan fingerprint density at radius 2 is 1.71 bits per heavy atom. The van der Waals surface area contributed by atoms with Crippen LogP contribution in [0.4, 0.5) is 26.3 Å². The van der Waals surface area contributed by atoms with E-state index in [-0.39, 0.29) is 12.7 Å². The van der Waals surface area contributed by atoms with E-state index in [1.165, 1.54) is 6.92 Å². The van der Waals surface area contributed by atoms with E-state index < -0.39 is 52.9 Å². The van der Waals surface area contributed by atoms with Gasteiger partial charge in [0.25, 0.3) is 0 Å². The van der Waals surface area contributed by atoms with Crippen LogP contribution in [0.2, 0.25) is 0 Å². The summed E-state index contributed by atoms with van der Waals surface area (Å²) in [4.78, 5) is 22.5. The highest BCUT2D eigenvalue weighted by atomic mass is 19.4. The first-order valence-corrected chi connectivity index (χ1v) is 5.53. The molecule has 0 aliphatic carbocycles. The van der Waals surface area contributed by atoms with Crippen LogP contribution in [0, 0.1) is 17.5 Å². The Kier molecular flexibility index (Phi) is 4.97. The Bertz CT molecular complexity index is 579. The second-order valence-electron chi connectivity index (χ2n) is 3.81. The summed E-state index contributed by atoms with van der Waals surface area (Å²) in [6.45, 7) is 1.29. The minimum Gasteiger partial charge on any atom is -0.466 e. The molecule has 0 radical (unpaired) electrons. The summed E-state index contributed by atoms with van der Waals surface area (Å²) in [6, 6.07) is -0.0263. The van der Waals surface area contributed by atoms with Crippen LogP contribution in [-0.2, 0) is 15.7 Å². The molecule has 0 spiro atoms. The quantitative estimate of drug-likeness (QED) is 0.282. The topological polar surface area (TPSA) is 43.4 Å². The number of benzene rings is 1. The predicted molar refractivity (Wildman–Crippen MR) is 56.9 cm³/mol. The molecule has 0 fully saturated rings. The second-order valence-corrected chi connectivity index (χ2v) is 3.81. The fourth-order valence-corrected chi connectivity index (χ4v) is 1.49. The number of ketones is 1. The third-order valence-corrected chi connectivity index (χ3v) is 2.35. The number of alkyl halides is 3. The van der Waals surface area contributed by atoms with Gasteiger partial charge >= 0.3 is 12.1 Å². The normalized spacial score (nSPS) is 11.4. The number of esters is 1. The fourth-order valence-electron chi connectivity index (χ4n) is 1.49. The van der Waals surface area contributed by atoms with E-state index in [1.807, 2.05) is 0 Å². The molecule has 116 valence electrons. The van der Waals surface area contributed by atoms with Gasteiger partial charge in [0.1, 0.15) is 17.8 Å². The van der Waals surface area contributed by atoms with Gasteiger partial charge in [0.2, 0.25) is 0 Å². The first-order chi connectivity index (χ1) is 9.59. The van der Waals surface area contributed by atoms with Crippen molar-refractivity contribution >= 4 is 11.8 Å². The molecular weight excluding hydrogens is 306 g/mol. The molecule has 21 heavy (non-hydrogen) atoms. The van der Waals surface area contributed by atoms with Gasteiger partial charge in [-0.3, -0.25) is 9.59 Å². The van der Waals surface area contributed by atoms with Gasteiger partial charge in [0.05, 0.1) is 12.2 Å². The van der Waals surface area contributed by atoms with E-state index >= 15 is 0 Å². The number of hydrogen-bond acceptors (Lipinski definition) is 3. The van der Waals surface area contributed by atoms with E-state index in [2.05, 4.69) is 4.74 Å². The van der Waals surface area contributed by atoms with Crippen molar-refractivity contribution in [1.82, 2.24) is 0 Å². The highest BCUT2D eigenvalue weighted by Gasteiger charge is 2.41. The minimum atomic E-state index is -5.53. The lowest BCUT2D eigenvalue weighted by Gasteiger charge is -2.12. The summed E-state index contributed by atoms with van der Waals surface area (Å²) in [5.74, 6) is -9.34. The third kappa shape index (κ3) is 3.73. The monoisotopic (exact) mass is 314 g/mol. The van der Waals surface area contributed by atoms with Crippen LogP contribution in [-0.4, -0.2) is 18.4 Å². The maximum atomic E-state index is 13.6. The van der Waals surface area contributed by atoms with Gasteiger partial charge < -0.3 is 4.74 Å². The molecule has 0 heterocycles. The highest BCUT2D eigenvalue weighted by Crippen LogP contribution is 2.36. The summed E-state index contributed by atoms with van der Waals surface area (Å²) in [6.07, 6.45) is -6.62. The molecule has 0 saturated carbocycles. The Morgan fingerprint density at radius 3 is 2.19 bits per heavy atom. The Labute approximate surface area is 114 Å². The smallest absolute Gasteiger partial charge is 0.422 e. The zero-order chi connectivity index (χ0) is 16.4. The molecule has 0 aliphatic rings. The Hall–Kier alpha value is -2.06. The van der Waals surface area contributed by atoms with Gasteiger partial charge in [-0.05, 0) is 13.0 Å². The molecule has 0 unspecified atom stereocenters. The lowest BCUT2D eigenvalue weighted by atomic mass is 10.0. The number of carbonyl (C=O) groups is 2. The molecule has 1 aromatic carbocycles. The molecule has 0 saturated heterocycles. The minimum absolute atomic E-state index is 0.0263. The van der Waals surface area contributed by atoms with Crippen molar-refractivity contribution in [2.45, 2.75) is 19.5 Å². The molecule has 3 nitrogen and oxygen atoms in total. The van der Waals surface area contributed by atoms with Gasteiger partial charge in [-0.2, -0.15) is 13.2 Å². The summed E-state index contributed by atoms with van der Waals surface area (Å²) < 4.78 is 81.5. The van der Waals surface area contributed by atoms with E-state index in [0.717, 1.165) is 0 Å². The number of carbonyl (C=O) groups excluding carboxylic acids is 2. The molecule has 0 amide bonds. The van der Waals surface area contributed by atoms with Crippen molar-refractivity contribution < 1.29 is 40.7 Å². The van der Waals surface area contributed by atoms with E-state index in [4.69, 9.17) is 0 Å². The zero-order valence-corrected chi connectivity index (χ0v) is 10.5. The number of ether oxygens (including phenoxy) is 1. The average molecular weight is 314 g/mol. The van der Waals surface area contributed by atoms with Gasteiger partial charge in [-0.15, -0.1) is 0 Å². The molecule has 0 atom stereocenters. The summed E-state index contributed by atoms with van der Waals surface area (Å²) >= 11 is 0.